The molecule has 5 heteroatoms. The van der Waals surface area contributed by atoms with Crippen molar-refractivity contribution in [3.8, 4) is 5.75 Å². The van der Waals surface area contributed by atoms with Crippen LogP contribution in [0.4, 0.5) is 0 Å². The van der Waals surface area contributed by atoms with E-state index in [0.29, 0.717) is 18.8 Å². The Morgan fingerprint density at radius 3 is 2.43 bits per heavy atom. The van der Waals surface area contributed by atoms with Crippen LogP contribution in [0.15, 0.2) is 24.3 Å². The molecule has 2 aliphatic rings. The van der Waals surface area contributed by atoms with Crippen LogP contribution in [0.2, 0.25) is 0 Å². The van der Waals surface area contributed by atoms with Gasteiger partial charge in [-0.1, -0.05) is 12.1 Å². The van der Waals surface area contributed by atoms with Crippen molar-refractivity contribution in [1.29, 1.82) is 0 Å². The molecule has 0 radical (unpaired) electrons. The fraction of sp³-hybridized carbons (Fsp3) is 0.556. The van der Waals surface area contributed by atoms with E-state index in [9.17, 15) is 9.59 Å². The second kappa shape index (κ2) is 7.13. The summed E-state index contributed by atoms with van der Waals surface area (Å²) in [6.45, 7) is 4.25. The molecule has 2 heterocycles. The lowest BCUT2D eigenvalue weighted by molar-refractivity contribution is -0.134. The first kappa shape index (κ1) is 16.0. The third-order valence-electron chi connectivity index (χ3n) is 4.89. The Bertz CT molecular complexity index is 564. The Morgan fingerprint density at radius 2 is 1.78 bits per heavy atom. The lowest BCUT2D eigenvalue weighted by atomic mass is 9.90. The van der Waals surface area contributed by atoms with Gasteiger partial charge in [0.2, 0.25) is 11.8 Å². The molecular weight excluding hydrogens is 292 g/mol. The molecule has 1 aromatic carbocycles. The highest BCUT2D eigenvalue weighted by molar-refractivity contribution is 6.00. The number of rotatable bonds is 4. The van der Waals surface area contributed by atoms with Crippen LogP contribution in [0, 0.1) is 5.92 Å². The number of carbonyl (C=O) groups excluding carboxylic acids is 2. The van der Waals surface area contributed by atoms with Crippen LogP contribution in [0.3, 0.4) is 0 Å². The monoisotopic (exact) mass is 316 g/mol. The minimum Gasteiger partial charge on any atom is -0.490 e. The molecule has 0 saturated carbocycles. The van der Waals surface area contributed by atoms with Crippen molar-refractivity contribution in [3.63, 3.8) is 0 Å². The predicted molar refractivity (Wildman–Crippen MR) is 87.3 cm³/mol. The van der Waals surface area contributed by atoms with Gasteiger partial charge in [-0.2, -0.15) is 0 Å². The number of piperidine rings is 2. The standard InChI is InChI=1S/C18H24N2O3/c1-12(13-8-10-19-11-9-13)23-15-4-2-14(3-5-15)16-6-7-17(21)20-18(16)22/h2-5,12-13,16,19H,6-11H2,1H3,(H,20,21,22)/t12-,16?/m1/s1. The molecule has 2 N–H and O–H groups in total. The van der Waals surface area contributed by atoms with Gasteiger partial charge in [0.05, 0.1) is 12.0 Å². The molecule has 2 atom stereocenters. The number of hydrogen-bond acceptors (Lipinski definition) is 4. The maximum Gasteiger partial charge on any atom is 0.234 e. The fourth-order valence-corrected chi connectivity index (χ4v) is 3.41. The highest BCUT2D eigenvalue weighted by Crippen LogP contribution is 2.27. The molecule has 2 saturated heterocycles. The molecule has 0 aromatic heterocycles. The van der Waals surface area contributed by atoms with Crippen molar-refractivity contribution < 1.29 is 14.3 Å². The Balaban J connectivity index is 1.60. The topological polar surface area (TPSA) is 67.4 Å². The molecule has 0 aliphatic carbocycles. The van der Waals surface area contributed by atoms with Gasteiger partial charge in [-0.25, -0.2) is 0 Å². The van der Waals surface area contributed by atoms with Crippen LogP contribution < -0.4 is 15.4 Å². The first-order valence-electron chi connectivity index (χ1n) is 8.44. The molecule has 5 nitrogen and oxygen atoms in total. The van der Waals surface area contributed by atoms with Crippen LogP contribution in [0.25, 0.3) is 0 Å². The summed E-state index contributed by atoms with van der Waals surface area (Å²) < 4.78 is 6.06. The maximum atomic E-state index is 11.9. The molecule has 2 fully saturated rings. The van der Waals surface area contributed by atoms with Gasteiger partial charge in [-0.05, 0) is 62.9 Å². The molecule has 2 aliphatic heterocycles. The summed E-state index contributed by atoms with van der Waals surface area (Å²) in [7, 11) is 0. The summed E-state index contributed by atoms with van der Waals surface area (Å²) in [5.74, 6) is 0.821. The van der Waals surface area contributed by atoms with Crippen LogP contribution in [-0.4, -0.2) is 31.0 Å². The van der Waals surface area contributed by atoms with E-state index >= 15 is 0 Å². The minimum atomic E-state index is -0.233. The molecule has 23 heavy (non-hydrogen) atoms. The van der Waals surface area contributed by atoms with E-state index < -0.39 is 0 Å². The molecule has 1 aromatic rings. The first-order chi connectivity index (χ1) is 11.1. The van der Waals surface area contributed by atoms with Gasteiger partial charge in [0, 0.05) is 6.42 Å². The summed E-state index contributed by atoms with van der Waals surface area (Å²) >= 11 is 0. The van der Waals surface area contributed by atoms with Crippen molar-refractivity contribution >= 4 is 11.8 Å². The average Bonchev–Trinajstić information content (AvgIpc) is 2.57. The van der Waals surface area contributed by atoms with Gasteiger partial charge < -0.3 is 10.1 Å². The molecule has 2 amide bonds. The lowest BCUT2D eigenvalue weighted by Crippen LogP contribution is -2.39. The number of nitrogens with one attached hydrogen (secondary N) is 2. The van der Waals surface area contributed by atoms with Crippen molar-refractivity contribution in [2.75, 3.05) is 13.1 Å². The zero-order chi connectivity index (χ0) is 16.2. The molecule has 3 rings (SSSR count). The summed E-state index contributed by atoms with van der Waals surface area (Å²) in [5, 5.41) is 5.77. The van der Waals surface area contributed by atoms with Crippen molar-refractivity contribution in [1.82, 2.24) is 10.6 Å². The highest BCUT2D eigenvalue weighted by Gasteiger charge is 2.28. The number of ether oxygens (including phenoxy) is 1. The van der Waals surface area contributed by atoms with Crippen LogP contribution in [0.5, 0.6) is 5.75 Å². The summed E-state index contributed by atoms with van der Waals surface area (Å²) in [4.78, 5) is 23.1. The Morgan fingerprint density at radius 1 is 1.09 bits per heavy atom. The van der Waals surface area contributed by atoms with E-state index in [2.05, 4.69) is 17.6 Å². The average molecular weight is 316 g/mol. The predicted octanol–water partition coefficient (Wildman–Crippen LogP) is 1.97. The fourth-order valence-electron chi connectivity index (χ4n) is 3.41. The zero-order valence-corrected chi connectivity index (χ0v) is 13.5. The minimum absolute atomic E-state index is 0.179. The first-order valence-corrected chi connectivity index (χ1v) is 8.44. The SMILES string of the molecule is C[C@@H](Oc1ccc(C2CCC(=O)NC2=O)cc1)C1CCNCC1. The lowest BCUT2D eigenvalue weighted by Gasteiger charge is -2.28. The van der Waals surface area contributed by atoms with E-state index in [-0.39, 0.29) is 23.8 Å². The summed E-state index contributed by atoms with van der Waals surface area (Å²) in [5.41, 5.74) is 0.942. The Hall–Kier alpha value is -1.88. The summed E-state index contributed by atoms with van der Waals surface area (Å²) in [6.07, 6.45) is 3.47. The van der Waals surface area contributed by atoms with Crippen molar-refractivity contribution in [2.24, 2.45) is 5.92 Å². The molecule has 0 bridgehead atoms. The smallest absolute Gasteiger partial charge is 0.234 e. The van der Waals surface area contributed by atoms with Gasteiger partial charge in [0.15, 0.2) is 0 Å². The van der Waals surface area contributed by atoms with Gasteiger partial charge in [0.1, 0.15) is 5.75 Å². The van der Waals surface area contributed by atoms with Gasteiger partial charge in [0.25, 0.3) is 0 Å². The normalized spacial score (nSPS) is 24.1. The van der Waals surface area contributed by atoms with E-state index in [1.54, 1.807) is 0 Å². The van der Waals surface area contributed by atoms with Gasteiger partial charge >= 0.3 is 0 Å². The third kappa shape index (κ3) is 3.91. The maximum absolute atomic E-state index is 11.9. The van der Waals surface area contributed by atoms with Gasteiger partial charge in [-0.3, -0.25) is 14.9 Å². The van der Waals surface area contributed by atoms with Crippen molar-refractivity contribution in [2.45, 2.75) is 44.6 Å². The van der Waals surface area contributed by atoms with Crippen LogP contribution in [-0.2, 0) is 9.59 Å². The summed E-state index contributed by atoms with van der Waals surface area (Å²) in [6, 6.07) is 7.72. The quantitative estimate of drug-likeness (QED) is 0.834. The van der Waals surface area contributed by atoms with E-state index in [0.717, 1.165) is 37.2 Å². The second-order valence-corrected chi connectivity index (χ2v) is 6.48. The number of benzene rings is 1. The third-order valence-corrected chi connectivity index (χ3v) is 4.89. The number of carbonyl (C=O) groups is 2. The second-order valence-electron chi connectivity index (χ2n) is 6.48. The van der Waals surface area contributed by atoms with Crippen LogP contribution in [0.1, 0.15) is 44.1 Å². The van der Waals surface area contributed by atoms with E-state index in [1.807, 2.05) is 24.3 Å². The Kier molecular flexibility index (Phi) is 4.96. The van der Waals surface area contributed by atoms with Crippen LogP contribution >= 0.6 is 0 Å². The number of hydrogen-bond donors (Lipinski definition) is 2. The Labute approximate surface area is 136 Å². The molecule has 124 valence electrons. The molecule has 1 unspecified atom stereocenters. The van der Waals surface area contributed by atoms with Gasteiger partial charge in [-0.15, -0.1) is 0 Å². The number of imide groups is 1. The zero-order valence-electron chi connectivity index (χ0n) is 13.5. The molecular formula is C18H24N2O3. The largest absolute Gasteiger partial charge is 0.490 e. The van der Waals surface area contributed by atoms with Crippen molar-refractivity contribution in [3.05, 3.63) is 29.8 Å². The van der Waals surface area contributed by atoms with E-state index in [4.69, 9.17) is 4.74 Å². The number of amides is 2. The van der Waals surface area contributed by atoms with E-state index in [1.165, 1.54) is 0 Å². The molecule has 0 spiro atoms. The highest BCUT2D eigenvalue weighted by atomic mass is 16.5.